The average molecular weight is 575 g/mol. The van der Waals surface area contributed by atoms with Crippen LogP contribution in [0.4, 0.5) is 11.4 Å². The Bertz CT molecular complexity index is 1710. The van der Waals surface area contributed by atoms with E-state index in [4.69, 9.17) is 9.47 Å². The number of anilines is 2. The van der Waals surface area contributed by atoms with Crippen LogP contribution in [0.25, 0.3) is 10.8 Å². The van der Waals surface area contributed by atoms with Crippen LogP contribution in [0.15, 0.2) is 66.7 Å². The number of carbonyl (C=O) groups excluding carboxylic acids is 2. The fourth-order valence-corrected chi connectivity index (χ4v) is 7.40. The minimum Gasteiger partial charge on any atom is -0.468 e. The molecule has 0 unspecified atom stereocenters. The summed E-state index contributed by atoms with van der Waals surface area (Å²) >= 11 is 0. The van der Waals surface area contributed by atoms with Crippen LogP contribution in [0.2, 0.25) is 0 Å². The van der Waals surface area contributed by atoms with Crippen molar-refractivity contribution in [3.8, 4) is 0 Å². The summed E-state index contributed by atoms with van der Waals surface area (Å²) < 4.78 is 10.4. The van der Waals surface area contributed by atoms with Crippen molar-refractivity contribution in [3.05, 3.63) is 100 Å². The monoisotopic (exact) mass is 574 g/mol. The third kappa shape index (κ3) is 4.66. The van der Waals surface area contributed by atoms with Crippen molar-refractivity contribution in [1.82, 2.24) is 0 Å². The highest BCUT2D eigenvalue weighted by Crippen LogP contribution is 2.44. The molecule has 6 nitrogen and oxygen atoms in total. The summed E-state index contributed by atoms with van der Waals surface area (Å²) in [5, 5.41) is 6.37. The molecular weight excluding hydrogens is 535 g/mol. The highest BCUT2D eigenvalue weighted by molar-refractivity contribution is 6.81. The SMILES string of the molecule is COC(=O)C1(C(=O)OC)Cc2c(C)c(CC(C)C)c(B3Nc4cccc5cccc(c45)N3Cc3ccccc3)c(C)c2C1. The van der Waals surface area contributed by atoms with E-state index in [9.17, 15) is 9.59 Å². The van der Waals surface area contributed by atoms with Crippen molar-refractivity contribution in [2.75, 3.05) is 24.3 Å². The molecule has 4 aromatic rings. The van der Waals surface area contributed by atoms with Gasteiger partial charge >= 0.3 is 18.9 Å². The molecule has 7 heteroatoms. The number of esters is 2. The molecule has 6 rings (SSSR count). The second kappa shape index (κ2) is 11.1. The van der Waals surface area contributed by atoms with Gasteiger partial charge in [0, 0.05) is 36.1 Å². The standard InChI is InChI=1S/C36H39BN2O4/c1-22(2)18-27-23(3)28-19-36(34(40)42-5,35(41)43-6)20-29(28)24(4)33(27)37-38-30-16-10-14-26-15-11-17-31(32(26)30)39(37)21-25-12-8-7-9-13-25/h7-17,22,38H,18-21H2,1-6H3. The maximum atomic E-state index is 13.2. The van der Waals surface area contributed by atoms with Gasteiger partial charge in [0.15, 0.2) is 5.41 Å². The van der Waals surface area contributed by atoms with Gasteiger partial charge in [0.1, 0.15) is 0 Å². The Balaban J connectivity index is 1.59. The zero-order valence-electron chi connectivity index (χ0n) is 25.9. The van der Waals surface area contributed by atoms with Crippen molar-refractivity contribution in [1.29, 1.82) is 0 Å². The number of rotatable bonds is 7. The van der Waals surface area contributed by atoms with Gasteiger partial charge in [-0.2, -0.15) is 0 Å². The summed E-state index contributed by atoms with van der Waals surface area (Å²) in [6.07, 6.45) is 1.43. The Labute approximate surface area is 254 Å². The van der Waals surface area contributed by atoms with Crippen LogP contribution >= 0.6 is 0 Å². The van der Waals surface area contributed by atoms with Gasteiger partial charge in [-0.3, -0.25) is 9.59 Å². The van der Waals surface area contributed by atoms with Gasteiger partial charge in [0.2, 0.25) is 0 Å². The molecule has 1 aliphatic carbocycles. The number of fused-ring (bicyclic) bond motifs is 1. The summed E-state index contributed by atoms with van der Waals surface area (Å²) in [5.41, 5.74) is 9.03. The lowest BCUT2D eigenvalue weighted by Crippen LogP contribution is -2.58. The Morgan fingerprint density at radius 2 is 1.51 bits per heavy atom. The first-order valence-electron chi connectivity index (χ1n) is 15.1. The second-order valence-corrected chi connectivity index (χ2v) is 12.5. The summed E-state index contributed by atoms with van der Waals surface area (Å²) in [4.78, 5) is 28.9. The van der Waals surface area contributed by atoms with Gasteiger partial charge in [-0.05, 0) is 82.5 Å². The minimum absolute atomic E-state index is 0.162. The minimum atomic E-state index is -1.38. The number of ether oxygens (including phenoxy) is 2. The molecule has 0 fully saturated rings. The van der Waals surface area contributed by atoms with Crippen LogP contribution < -0.4 is 15.5 Å². The number of hydrogen-bond donors (Lipinski definition) is 1. The molecule has 220 valence electrons. The van der Waals surface area contributed by atoms with E-state index in [1.54, 1.807) is 0 Å². The first-order chi connectivity index (χ1) is 20.7. The lowest BCUT2D eigenvalue weighted by molar-refractivity contribution is -0.168. The molecule has 4 aromatic carbocycles. The number of benzene rings is 4. The molecule has 0 atom stereocenters. The van der Waals surface area contributed by atoms with E-state index >= 15 is 0 Å². The first-order valence-corrected chi connectivity index (χ1v) is 15.1. The number of nitrogens with zero attached hydrogens (tertiary/aromatic N) is 1. The zero-order chi connectivity index (χ0) is 30.5. The van der Waals surface area contributed by atoms with Crippen LogP contribution in [0.1, 0.15) is 47.2 Å². The van der Waals surface area contributed by atoms with E-state index in [0.717, 1.165) is 40.9 Å². The highest BCUT2D eigenvalue weighted by atomic mass is 16.5. The fourth-order valence-electron chi connectivity index (χ4n) is 7.40. The van der Waals surface area contributed by atoms with Crippen molar-refractivity contribution >= 4 is 46.5 Å². The Hall–Kier alpha value is -4.26. The molecular formula is C36H39BN2O4. The van der Waals surface area contributed by atoms with Crippen molar-refractivity contribution in [2.24, 2.45) is 11.3 Å². The van der Waals surface area contributed by atoms with Gasteiger partial charge in [-0.1, -0.05) is 68.4 Å². The molecule has 0 aromatic heterocycles. The fraction of sp³-hybridized carbons (Fsp3) is 0.333. The molecule has 1 heterocycles. The molecule has 0 bridgehead atoms. The molecule has 0 amide bonds. The van der Waals surface area contributed by atoms with Crippen LogP contribution in [0.5, 0.6) is 0 Å². The normalized spacial score (nSPS) is 15.0. The quantitative estimate of drug-likeness (QED) is 0.168. The summed E-state index contributed by atoms with van der Waals surface area (Å²) in [6.45, 7) is 9.35. The van der Waals surface area contributed by atoms with Gasteiger partial charge in [-0.25, -0.2) is 0 Å². The third-order valence-electron chi connectivity index (χ3n) is 9.44. The maximum absolute atomic E-state index is 13.2. The second-order valence-electron chi connectivity index (χ2n) is 12.5. The van der Waals surface area contributed by atoms with Crippen LogP contribution in [0.3, 0.4) is 0 Å². The molecule has 1 N–H and O–H groups in total. The number of carbonyl (C=O) groups is 2. The largest absolute Gasteiger partial charge is 0.468 e. The van der Waals surface area contributed by atoms with Crippen LogP contribution in [-0.2, 0) is 44.9 Å². The van der Waals surface area contributed by atoms with Crippen molar-refractivity contribution in [2.45, 2.75) is 53.5 Å². The zero-order valence-corrected chi connectivity index (χ0v) is 25.9. The van der Waals surface area contributed by atoms with E-state index in [0.29, 0.717) is 5.92 Å². The van der Waals surface area contributed by atoms with Gasteiger partial charge < -0.3 is 19.5 Å². The summed E-state index contributed by atoms with van der Waals surface area (Å²) in [6, 6.07) is 23.5. The Morgan fingerprint density at radius 3 is 2.14 bits per heavy atom. The molecule has 43 heavy (non-hydrogen) atoms. The predicted octanol–water partition coefficient (Wildman–Crippen LogP) is 5.91. The molecule has 0 saturated carbocycles. The number of hydrogen-bond acceptors (Lipinski definition) is 6. The third-order valence-corrected chi connectivity index (χ3v) is 9.44. The number of nitrogens with one attached hydrogen (secondary N) is 1. The van der Waals surface area contributed by atoms with E-state index in [1.165, 1.54) is 47.3 Å². The lowest BCUT2D eigenvalue weighted by Gasteiger charge is -2.40. The molecule has 0 spiro atoms. The maximum Gasteiger partial charge on any atom is 0.409 e. The highest BCUT2D eigenvalue weighted by Gasteiger charge is 2.54. The van der Waals surface area contributed by atoms with Gasteiger partial charge in [0.25, 0.3) is 0 Å². The lowest BCUT2D eigenvalue weighted by atomic mass is 9.58. The molecule has 0 radical (unpaired) electrons. The Morgan fingerprint density at radius 1 is 0.884 bits per heavy atom. The van der Waals surface area contributed by atoms with Crippen LogP contribution in [-0.4, -0.2) is 33.1 Å². The topological polar surface area (TPSA) is 67.9 Å². The Kier molecular flexibility index (Phi) is 7.45. The molecule has 2 aliphatic rings. The summed E-state index contributed by atoms with van der Waals surface area (Å²) in [7, 11) is 2.69. The first kappa shape index (κ1) is 28.8. The van der Waals surface area contributed by atoms with Crippen LogP contribution in [0, 0.1) is 25.2 Å². The van der Waals surface area contributed by atoms with Gasteiger partial charge in [0.05, 0.1) is 14.2 Å². The molecule has 0 saturated heterocycles. The van der Waals surface area contributed by atoms with Crippen molar-refractivity contribution < 1.29 is 19.1 Å². The van der Waals surface area contributed by atoms with Crippen molar-refractivity contribution in [3.63, 3.8) is 0 Å². The average Bonchev–Trinajstić information content (AvgIpc) is 3.44. The van der Waals surface area contributed by atoms with E-state index in [2.05, 4.69) is 104 Å². The molecule has 1 aliphatic heterocycles. The summed E-state index contributed by atoms with van der Waals surface area (Å²) in [5.74, 6) is -0.670. The number of methoxy groups -OCH3 is 2. The van der Waals surface area contributed by atoms with E-state index in [-0.39, 0.29) is 19.8 Å². The van der Waals surface area contributed by atoms with E-state index in [1.807, 2.05) is 0 Å². The smallest absolute Gasteiger partial charge is 0.409 e. The van der Waals surface area contributed by atoms with Gasteiger partial charge in [-0.15, -0.1) is 0 Å². The predicted molar refractivity (Wildman–Crippen MR) is 174 cm³/mol. The van der Waals surface area contributed by atoms with E-state index < -0.39 is 17.4 Å².